The van der Waals surface area contributed by atoms with Crippen molar-refractivity contribution < 1.29 is 17.7 Å². The Morgan fingerprint density at radius 2 is 2.29 bits per heavy atom. The Morgan fingerprint density at radius 1 is 1.64 bits per heavy atom. The fourth-order valence-electron chi connectivity index (χ4n) is 1.22. The van der Waals surface area contributed by atoms with E-state index in [0.717, 1.165) is 0 Å². The molecule has 0 saturated carbocycles. The number of hydrogen-bond acceptors (Lipinski definition) is 3. The molecule has 1 rings (SSSR count). The molecule has 0 aromatic carbocycles. The topological polar surface area (TPSA) is 68.5 Å². The van der Waals surface area contributed by atoms with Gasteiger partial charge in [-0.25, -0.2) is 0 Å². The third-order valence-corrected chi connectivity index (χ3v) is 2.68. The van der Waals surface area contributed by atoms with E-state index in [0.29, 0.717) is 6.61 Å². The van der Waals surface area contributed by atoms with Crippen molar-refractivity contribution in [3.05, 3.63) is 18.3 Å². The molecule has 1 N–H and O–H groups in total. The van der Waals surface area contributed by atoms with Gasteiger partial charge in [0.1, 0.15) is 6.23 Å². The summed E-state index contributed by atoms with van der Waals surface area (Å²) in [6.45, 7) is 4.00. The van der Waals surface area contributed by atoms with Crippen LogP contribution in [0.25, 0.3) is 0 Å². The van der Waals surface area contributed by atoms with E-state index in [9.17, 15) is 8.42 Å². The molecule has 0 amide bonds. The summed E-state index contributed by atoms with van der Waals surface area (Å²) in [7, 11) is -4.17. The minimum Gasteiger partial charge on any atom is -0.359 e. The van der Waals surface area contributed by atoms with E-state index < -0.39 is 16.3 Å². The summed E-state index contributed by atoms with van der Waals surface area (Å²) in [6.07, 6.45) is 1.13. The minimum atomic E-state index is -4.17. The molecule has 6 heteroatoms. The molecule has 1 atom stereocenters. The van der Waals surface area contributed by atoms with Crippen molar-refractivity contribution in [1.82, 2.24) is 4.57 Å². The van der Waals surface area contributed by atoms with Crippen LogP contribution in [0.15, 0.2) is 23.4 Å². The van der Waals surface area contributed by atoms with Crippen molar-refractivity contribution in [2.75, 3.05) is 6.61 Å². The van der Waals surface area contributed by atoms with Crippen molar-refractivity contribution in [2.24, 2.45) is 0 Å². The minimum absolute atomic E-state index is 0.154. The molecule has 0 radical (unpaired) electrons. The highest BCUT2D eigenvalue weighted by Gasteiger charge is 2.17. The molecule has 0 spiro atoms. The van der Waals surface area contributed by atoms with Gasteiger partial charge in [-0.1, -0.05) is 0 Å². The van der Waals surface area contributed by atoms with E-state index >= 15 is 0 Å². The molecule has 1 aromatic rings. The highest BCUT2D eigenvalue weighted by Crippen LogP contribution is 2.16. The quantitative estimate of drug-likeness (QED) is 0.775. The van der Waals surface area contributed by atoms with Gasteiger partial charge in [-0.3, -0.25) is 4.55 Å². The first-order valence-electron chi connectivity index (χ1n) is 4.22. The zero-order chi connectivity index (χ0) is 10.8. The SMILES string of the molecule is CCOC(C)n1cccc1S(=O)(=O)O. The molecule has 5 nitrogen and oxygen atoms in total. The van der Waals surface area contributed by atoms with Crippen LogP contribution in [0.1, 0.15) is 20.1 Å². The van der Waals surface area contributed by atoms with Crippen LogP contribution in [0.5, 0.6) is 0 Å². The highest BCUT2D eigenvalue weighted by atomic mass is 32.2. The zero-order valence-electron chi connectivity index (χ0n) is 8.04. The smallest absolute Gasteiger partial charge is 0.310 e. The van der Waals surface area contributed by atoms with E-state index in [2.05, 4.69) is 0 Å². The van der Waals surface area contributed by atoms with Gasteiger partial charge in [-0.2, -0.15) is 8.42 Å². The lowest BCUT2D eigenvalue weighted by Crippen LogP contribution is -2.14. The van der Waals surface area contributed by atoms with Gasteiger partial charge in [0, 0.05) is 12.8 Å². The first-order valence-corrected chi connectivity index (χ1v) is 5.66. The van der Waals surface area contributed by atoms with E-state index in [1.54, 1.807) is 19.2 Å². The molecule has 14 heavy (non-hydrogen) atoms. The summed E-state index contributed by atoms with van der Waals surface area (Å²) in [5.74, 6) is 0. The molecular weight excluding hydrogens is 206 g/mol. The van der Waals surface area contributed by atoms with Gasteiger partial charge < -0.3 is 9.30 Å². The first-order chi connectivity index (χ1) is 6.46. The molecule has 0 aliphatic rings. The van der Waals surface area contributed by atoms with Gasteiger partial charge in [0.25, 0.3) is 0 Å². The molecule has 1 heterocycles. The van der Waals surface area contributed by atoms with E-state index in [1.165, 1.54) is 10.6 Å². The van der Waals surface area contributed by atoms with Crippen molar-refractivity contribution in [3.8, 4) is 0 Å². The van der Waals surface area contributed by atoms with Gasteiger partial charge in [0.2, 0.25) is 0 Å². The van der Waals surface area contributed by atoms with Crippen molar-refractivity contribution in [1.29, 1.82) is 0 Å². The van der Waals surface area contributed by atoms with Crippen molar-refractivity contribution in [2.45, 2.75) is 25.1 Å². The summed E-state index contributed by atoms with van der Waals surface area (Å²) in [5.41, 5.74) is 0. The summed E-state index contributed by atoms with van der Waals surface area (Å²) < 4.78 is 37.2. The first kappa shape index (κ1) is 11.2. The standard InChI is InChI=1S/C8H13NO4S/c1-3-13-7(2)9-6-4-5-8(9)14(10,11)12/h4-7H,3H2,1-2H3,(H,10,11,12). The van der Waals surface area contributed by atoms with E-state index in [1.807, 2.05) is 6.92 Å². The third kappa shape index (κ3) is 2.34. The normalized spacial score (nSPS) is 14.2. The second-order valence-corrected chi connectivity index (χ2v) is 4.15. The average molecular weight is 219 g/mol. The zero-order valence-corrected chi connectivity index (χ0v) is 8.86. The van der Waals surface area contributed by atoms with Crippen molar-refractivity contribution >= 4 is 10.1 Å². The Balaban J connectivity index is 3.05. The number of ether oxygens (including phenoxy) is 1. The fourth-order valence-corrected chi connectivity index (χ4v) is 1.94. The molecule has 80 valence electrons. The molecule has 0 bridgehead atoms. The van der Waals surface area contributed by atoms with Gasteiger partial charge >= 0.3 is 10.1 Å². The molecule has 0 saturated heterocycles. The molecular formula is C8H13NO4S. The fraction of sp³-hybridized carbons (Fsp3) is 0.500. The lowest BCUT2D eigenvalue weighted by molar-refractivity contribution is 0.0189. The largest absolute Gasteiger partial charge is 0.359 e. The van der Waals surface area contributed by atoms with Gasteiger partial charge in [-0.15, -0.1) is 0 Å². The second kappa shape index (κ2) is 4.12. The van der Waals surface area contributed by atoms with Crippen LogP contribution in [0, 0.1) is 0 Å². The van der Waals surface area contributed by atoms with Gasteiger partial charge in [0.05, 0.1) is 0 Å². The van der Waals surface area contributed by atoms with Crippen LogP contribution >= 0.6 is 0 Å². The van der Waals surface area contributed by atoms with Gasteiger partial charge in [-0.05, 0) is 26.0 Å². The number of hydrogen-bond donors (Lipinski definition) is 1. The van der Waals surface area contributed by atoms with Crippen LogP contribution in [-0.2, 0) is 14.9 Å². The molecule has 0 fully saturated rings. The Kier molecular flexibility index (Phi) is 3.30. The summed E-state index contributed by atoms with van der Waals surface area (Å²) in [5, 5.41) is -0.154. The van der Waals surface area contributed by atoms with Crippen LogP contribution in [0.3, 0.4) is 0 Å². The second-order valence-electron chi connectivity index (χ2n) is 2.78. The number of rotatable bonds is 4. The highest BCUT2D eigenvalue weighted by molar-refractivity contribution is 7.85. The maximum absolute atomic E-state index is 10.9. The predicted molar refractivity (Wildman–Crippen MR) is 50.6 cm³/mol. The molecule has 1 unspecified atom stereocenters. The Hall–Kier alpha value is -0.850. The monoisotopic (exact) mass is 219 g/mol. The third-order valence-electron chi connectivity index (χ3n) is 1.80. The summed E-state index contributed by atoms with van der Waals surface area (Å²) in [4.78, 5) is 0. The lowest BCUT2D eigenvalue weighted by atomic mass is 10.6. The van der Waals surface area contributed by atoms with Crippen LogP contribution < -0.4 is 0 Å². The summed E-state index contributed by atoms with van der Waals surface area (Å²) in [6, 6.07) is 2.86. The van der Waals surface area contributed by atoms with Gasteiger partial charge in [0.15, 0.2) is 5.03 Å². The Labute approximate surface area is 83.1 Å². The average Bonchev–Trinajstić information content (AvgIpc) is 2.50. The van der Waals surface area contributed by atoms with E-state index in [-0.39, 0.29) is 5.03 Å². The maximum atomic E-state index is 10.9. The predicted octanol–water partition coefficient (Wildman–Crippen LogP) is 1.29. The Bertz CT molecular complexity index is 395. The molecule has 1 aromatic heterocycles. The lowest BCUT2D eigenvalue weighted by Gasteiger charge is -2.15. The van der Waals surface area contributed by atoms with Crippen LogP contribution in [0.4, 0.5) is 0 Å². The maximum Gasteiger partial charge on any atom is 0.310 e. The Morgan fingerprint density at radius 3 is 2.79 bits per heavy atom. The molecule has 0 aliphatic heterocycles. The summed E-state index contributed by atoms with van der Waals surface area (Å²) >= 11 is 0. The number of nitrogens with zero attached hydrogens (tertiary/aromatic N) is 1. The van der Waals surface area contributed by atoms with Crippen LogP contribution in [0.2, 0.25) is 0 Å². The van der Waals surface area contributed by atoms with E-state index in [4.69, 9.17) is 9.29 Å². The van der Waals surface area contributed by atoms with Crippen LogP contribution in [-0.4, -0.2) is 24.1 Å². The number of aromatic nitrogens is 1. The van der Waals surface area contributed by atoms with Crippen molar-refractivity contribution in [3.63, 3.8) is 0 Å². The molecule has 0 aliphatic carbocycles.